The topological polar surface area (TPSA) is 103 Å². The van der Waals surface area contributed by atoms with Gasteiger partial charge in [0.15, 0.2) is 17.6 Å². The number of carbonyl (C=O) groups is 2. The van der Waals surface area contributed by atoms with Gasteiger partial charge in [0.1, 0.15) is 0 Å². The third kappa shape index (κ3) is 6.24. The zero-order valence-electron chi connectivity index (χ0n) is 16.8. The van der Waals surface area contributed by atoms with Crippen LogP contribution in [0.1, 0.15) is 29.8 Å². The smallest absolute Gasteiger partial charge is 0.262 e. The second-order valence-electron chi connectivity index (χ2n) is 6.37. The highest BCUT2D eigenvalue weighted by molar-refractivity contribution is 5.86. The first-order valence-electron chi connectivity index (χ1n) is 9.07. The van der Waals surface area contributed by atoms with E-state index in [2.05, 4.69) is 10.5 Å². The number of hydrogen-bond acceptors (Lipinski definition) is 7. The van der Waals surface area contributed by atoms with Crippen LogP contribution in [0.15, 0.2) is 47.6 Å². The third-order valence-corrected chi connectivity index (χ3v) is 3.89. The van der Waals surface area contributed by atoms with E-state index in [1.165, 1.54) is 17.0 Å². The van der Waals surface area contributed by atoms with Crippen molar-refractivity contribution in [1.82, 2.24) is 4.90 Å². The first kappa shape index (κ1) is 21.7. The van der Waals surface area contributed by atoms with Crippen molar-refractivity contribution in [2.75, 3.05) is 26.1 Å². The van der Waals surface area contributed by atoms with Gasteiger partial charge >= 0.3 is 0 Å². The van der Waals surface area contributed by atoms with Crippen molar-refractivity contribution in [2.45, 2.75) is 20.0 Å². The predicted molar refractivity (Wildman–Crippen MR) is 108 cm³/mol. The molecule has 2 aromatic rings. The van der Waals surface area contributed by atoms with Gasteiger partial charge in [-0.15, -0.1) is 0 Å². The fourth-order valence-electron chi connectivity index (χ4n) is 2.44. The fourth-order valence-corrected chi connectivity index (χ4v) is 2.44. The van der Waals surface area contributed by atoms with Crippen LogP contribution in [0.3, 0.4) is 0 Å². The molecule has 0 spiro atoms. The lowest BCUT2D eigenvalue weighted by atomic mass is 10.2. The standard InChI is InChI=1S/C21H25N3O5/c1-5-28-19-12-15(6-11-18(19)29-14(2)20(25)24(3)4)13-22-23-17-9-7-16(8-10-17)21(26)27/h6-14,23H,5H2,1-4H3,(H,26,27)/p-1/b22-13-/t14-/m0/s1. The number of hydrazone groups is 1. The predicted octanol–water partition coefficient (Wildman–Crippen LogP) is 1.75. The Morgan fingerprint density at radius 2 is 1.86 bits per heavy atom. The minimum Gasteiger partial charge on any atom is -0.545 e. The van der Waals surface area contributed by atoms with Gasteiger partial charge in [-0.1, -0.05) is 12.1 Å². The molecule has 0 aromatic heterocycles. The summed E-state index contributed by atoms with van der Waals surface area (Å²) >= 11 is 0. The van der Waals surface area contributed by atoms with Crippen molar-refractivity contribution in [3.8, 4) is 11.5 Å². The molecule has 1 amide bonds. The molecule has 154 valence electrons. The number of amides is 1. The monoisotopic (exact) mass is 398 g/mol. The summed E-state index contributed by atoms with van der Waals surface area (Å²) in [5.41, 5.74) is 4.30. The van der Waals surface area contributed by atoms with Gasteiger partial charge in [0, 0.05) is 14.1 Å². The highest BCUT2D eigenvalue weighted by Gasteiger charge is 2.18. The van der Waals surface area contributed by atoms with Crippen molar-refractivity contribution in [1.29, 1.82) is 0 Å². The molecular formula is C21H24N3O5-. The Hall–Kier alpha value is -3.55. The molecule has 0 saturated carbocycles. The maximum atomic E-state index is 12.0. The van der Waals surface area contributed by atoms with Gasteiger partial charge in [-0.05, 0) is 55.3 Å². The average Bonchev–Trinajstić information content (AvgIpc) is 2.69. The summed E-state index contributed by atoms with van der Waals surface area (Å²) in [5, 5.41) is 14.9. The number of anilines is 1. The van der Waals surface area contributed by atoms with Crippen LogP contribution >= 0.6 is 0 Å². The van der Waals surface area contributed by atoms with E-state index >= 15 is 0 Å². The van der Waals surface area contributed by atoms with Crippen LogP contribution in [0.4, 0.5) is 5.69 Å². The van der Waals surface area contributed by atoms with E-state index in [9.17, 15) is 14.7 Å². The van der Waals surface area contributed by atoms with Gasteiger partial charge < -0.3 is 24.3 Å². The highest BCUT2D eigenvalue weighted by atomic mass is 16.5. The maximum absolute atomic E-state index is 12.0. The van der Waals surface area contributed by atoms with Crippen molar-refractivity contribution < 1.29 is 24.2 Å². The number of likely N-dealkylation sites (N-methyl/N-ethyl adjacent to an activating group) is 1. The molecule has 0 aliphatic heterocycles. The lowest BCUT2D eigenvalue weighted by molar-refractivity contribution is -0.255. The van der Waals surface area contributed by atoms with E-state index < -0.39 is 12.1 Å². The Labute approximate surface area is 169 Å². The molecule has 0 aliphatic carbocycles. The van der Waals surface area contributed by atoms with Crippen LogP contribution in [-0.2, 0) is 4.79 Å². The molecule has 8 heteroatoms. The number of carboxylic acid groups (broad SMARTS) is 1. The molecule has 0 radical (unpaired) electrons. The Bertz CT molecular complexity index is 878. The first-order chi connectivity index (χ1) is 13.8. The van der Waals surface area contributed by atoms with Gasteiger partial charge in [0.05, 0.1) is 24.5 Å². The van der Waals surface area contributed by atoms with Crippen LogP contribution in [-0.4, -0.2) is 49.8 Å². The molecule has 0 unspecified atom stereocenters. The molecule has 29 heavy (non-hydrogen) atoms. The Morgan fingerprint density at radius 1 is 1.17 bits per heavy atom. The summed E-state index contributed by atoms with van der Waals surface area (Å²) in [7, 11) is 3.34. The molecule has 1 N–H and O–H groups in total. The largest absolute Gasteiger partial charge is 0.545 e. The number of hydrogen-bond donors (Lipinski definition) is 1. The lowest BCUT2D eigenvalue weighted by Crippen LogP contribution is -2.35. The van der Waals surface area contributed by atoms with Crippen LogP contribution in [0.5, 0.6) is 11.5 Å². The fraction of sp³-hybridized carbons (Fsp3) is 0.286. The molecular weight excluding hydrogens is 374 g/mol. The van der Waals surface area contributed by atoms with Gasteiger partial charge in [-0.3, -0.25) is 10.2 Å². The van der Waals surface area contributed by atoms with E-state index in [0.717, 1.165) is 5.56 Å². The maximum Gasteiger partial charge on any atom is 0.262 e. The van der Waals surface area contributed by atoms with Crippen molar-refractivity contribution in [3.05, 3.63) is 53.6 Å². The van der Waals surface area contributed by atoms with E-state index in [4.69, 9.17) is 9.47 Å². The normalized spacial score (nSPS) is 11.7. The summed E-state index contributed by atoms with van der Waals surface area (Å²) < 4.78 is 11.4. The van der Waals surface area contributed by atoms with E-state index in [1.54, 1.807) is 57.6 Å². The number of aromatic carboxylic acids is 1. The molecule has 8 nitrogen and oxygen atoms in total. The van der Waals surface area contributed by atoms with Crippen molar-refractivity contribution in [2.24, 2.45) is 5.10 Å². The van der Waals surface area contributed by atoms with Crippen LogP contribution in [0.2, 0.25) is 0 Å². The summed E-state index contributed by atoms with van der Waals surface area (Å²) in [6.45, 7) is 3.98. The molecule has 0 heterocycles. The van der Waals surface area contributed by atoms with Gasteiger partial charge in [0.25, 0.3) is 5.91 Å². The highest BCUT2D eigenvalue weighted by Crippen LogP contribution is 2.29. The van der Waals surface area contributed by atoms with E-state index in [1.807, 2.05) is 6.92 Å². The number of benzene rings is 2. The molecule has 0 bridgehead atoms. The molecule has 1 atom stereocenters. The Morgan fingerprint density at radius 3 is 2.45 bits per heavy atom. The van der Waals surface area contributed by atoms with E-state index in [-0.39, 0.29) is 11.5 Å². The molecule has 0 saturated heterocycles. The summed E-state index contributed by atoms with van der Waals surface area (Å²) in [6.07, 6.45) is 0.947. The number of carboxylic acids is 1. The number of nitrogens with zero attached hydrogens (tertiary/aromatic N) is 2. The summed E-state index contributed by atoms with van der Waals surface area (Å²) in [5.74, 6) is -0.398. The van der Waals surface area contributed by atoms with Gasteiger partial charge in [-0.2, -0.15) is 5.10 Å². The van der Waals surface area contributed by atoms with Crippen LogP contribution in [0.25, 0.3) is 0 Å². The van der Waals surface area contributed by atoms with Crippen molar-refractivity contribution >= 4 is 23.8 Å². The number of rotatable bonds is 9. The Kier molecular flexibility index (Phi) is 7.59. The minimum atomic E-state index is -1.23. The SMILES string of the molecule is CCOc1cc(/C=N\Nc2ccc(C(=O)[O-])cc2)ccc1O[C@@H](C)C(=O)N(C)C. The quantitative estimate of drug-likeness (QED) is 0.510. The molecule has 2 aromatic carbocycles. The average molecular weight is 398 g/mol. The van der Waals surface area contributed by atoms with Gasteiger partial charge in [-0.25, -0.2) is 0 Å². The number of nitrogens with one attached hydrogen (secondary N) is 1. The summed E-state index contributed by atoms with van der Waals surface area (Å²) in [4.78, 5) is 24.2. The zero-order valence-corrected chi connectivity index (χ0v) is 16.8. The number of ether oxygens (including phenoxy) is 2. The second-order valence-corrected chi connectivity index (χ2v) is 6.37. The lowest BCUT2D eigenvalue weighted by Gasteiger charge is -2.20. The second kappa shape index (κ2) is 10.1. The Balaban J connectivity index is 2.09. The number of carbonyl (C=O) groups excluding carboxylic acids is 2. The van der Waals surface area contributed by atoms with E-state index in [0.29, 0.717) is 23.8 Å². The third-order valence-electron chi connectivity index (χ3n) is 3.89. The minimum absolute atomic E-state index is 0.0958. The first-order valence-corrected chi connectivity index (χ1v) is 9.07. The molecule has 2 rings (SSSR count). The van der Waals surface area contributed by atoms with Crippen molar-refractivity contribution in [3.63, 3.8) is 0 Å². The molecule has 0 aliphatic rings. The van der Waals surface area contributed by atoms with Gasteiger partial charge in [0.2, 0.25) is 0 Å². The van der Waals surface area contributed by atoms with Crippen LogP contribution < -0.4 is 20.0 Å². The molecule has 0 fully saturated rings. The summed E-state index contributed by atoms with van der Waals surface area (Å²) in [6, 6.07) is 11.3. The zero-order chi connectivity index (χ0) is 21.4. The van der Waals surface area contributed by atoms with Crippen LogP contribution in [0, 0.1) is 0 Å².